The van der Waals surface area contributed by atoms with Crippen LogP contribution in [0.15, 0.2) is 24.5 Å². The Bertz CT molecular complexity index is 560. The van der Waals surface area contributed by atoms with E-state index in [1.807, 2.05) is 28.9 Å². The van der Waals surface area contributed by atoms with Gasteiger partial charge in [0.15, 0.2) is 11.4 Å². The highest BCUT2D eigenvalue weighted by Gasteiger charge is 2.11. The summed E-state index contributed by atoms with van der Waals surface area (Å²) in [4.78, 5) is 6.87. The van der Waals surface area contributed by atoms with Gasteiger partial charge in [0.05, 0.1) is 11.9 Å². The van der Waals surface area contributed by atoms with Crippen LogP contribution in [0.5, 0.6) is 5.75 Å². The third-order valence-electron chi connectivity index (χ3n) is 3.90. The fraction of sp³-hybridized carbons (Fsp3) is 0.533. The molecule has 0 aliphatic carbocycles. The molecule has 0 amide bonds. The molecule has 5 heteroatoms. The predicted molar refractivity (Wildman–Crippen MR) is 78.9 cm³/mol. The van der Waals surface area contributed by atoms with Crippen LogP contribution in [0, 0.1) is 0 Å². The van der Waals surface area contributed by atoms with Crippen molar-refractivity contribution in [2.24, 2.45) is 5.73 Å². The molecule has 2 aromatic rings. The standard InChI is InChI=1S/C15H22N4O/c16-11-13-12-17-15-14(5-4-8-19(13)15)20-10-9-18-6-2-1-3-7-18/h4-5,8,12H,1-3,6-7,9-11,16H2. The van der Waals surface area contributed by atoms with Crippen molar-refractivity contribution in [3.63, 3.8) is 0 Å². The summed E-state index contributed by atoms with van der Waals surface area (Å²) in [6.07, 6.45) is 7.78. The van der Waals surface area contributed by atoms with Crippen molar-refractivity contribution in [1.29, 1.82) is 0 Å². The van der Waals surface area contributed by atoms with Crippen LogP contribution in [0.25, 0.3) is 5.65 Å². The Morgan fingerprint density at radius 1 is 1.25 bits per heavy atom. The number of nitrogens with two attached hydrogens (primary N) is 1. The van der Waals surface area contributed by atoms with E-state index < -0.39 is 0 Å². The van der Waals surface area contributed by atoms with Crippen molar-refractivity contribution < 1.29 is 4.74 Å². The summed E-state index contributed by atoms with van der Waals surface area (Å²) in [7, 11) is 0. The molecule has 1 saturated heterocycles. The van der Waals surface area contributed by atoms with Gasteiger partial charge in [0.1, 0.15) is 6.61 Å². The van der Waals surface area contributed by atoms with Crippen LogP contribution in [-0.4, -0.2) is 40.5 Å². The Labute approximate surface area is 119 Å². The summed E-state index contributed by atoms with van der Waals surface area (Å²) in [6.45, 7) is 4.59. The molecule has 0 atom stereocenters. The molecule has 0 bridgehead atoms. The van der Waals surface area contributed by atoms with Gasteiger partial charge in [0, 0.05) is 19.3 Å². The molecule has 1 aliphatic rings. The molecule has 108 valence electrons. The van der Waals surface area contributed by atoms with E-state index in [9.17, 15) is 0 Å². The number of aromatic nitrogens is 2. The molecule has 2 N–H and O–H groups in total. The highest BCUT2D eigenvalue weighted by Crippen LogP contribution is 2.19. The lowest BCUT2D eigenvalue weighted by Gasteiger charge is -2.26. The van der Waals surface area contributed by atoms with E-state index in [-0.39, 0.29) is 0 Å². The number of nitrogens with zero attached hydrogens (tertiary/aromatic N) is 3. The molecular formula is C15H22N4O. The minimum absolute atomic E-state index is 0.485. The summed E-state index contributed by atoms with van der Waals surface area (Å²) >= 11 is 0. The molecule has 20 heavy (non-hydrogen) atoms. The number of imidazole rings is 1. The van der Waals surface area contributed by atoms with Crippen LogP contribution in [-0.2, 0) is 6.54 Å². The minimum Gasteiger partial charge on any atom is -0.488 e. The summed E-state index contributed by atoms with van der Waals surface area (Å²) in [5, 5.41) is 0. The minimum atomic E-state index is 0.485. The predicted octanol–water partition coefficient (Wildman–Crippen LogP) is 1.66. The fourth-order valence-corrected chi connectivity index (χ4v) is 2.77. The van der Waals surface area contributed by atoms with Gasteiger partial charge in [-0.3, -0.25) is 9.30 Å². The Kier molecular flexibility index (Phi) is 4.18. The first-order valence-corrected chi connectivity index (χ1v) is 7.38. The number of likely N-dealkylation sites (tertiary alicyclic amines) is 1. The number of hydrogen-bond acceptors (Lipinski definition) is 4. The third kappa shape index (κ3) is 2.78. The Hall–Kier alpha value is -1.59. The SMILES string of the molecule is NCc1cnc2c(OCCN3CCCCC3)cccn12. The largest absolute Gasteiger partial charge is 0.488 e. The van der Waals surface area contributed by atoms with Gasteiger partial charge in [0.2, 0.25) is 0 Å². The molecule has 0 aromatic carbocycles. The molecular weight excluding hydrogens is 252 g/mol. The molecule has 1 aliphatic heterocycles. The second-order valence-electron chi connectivity index (χ2n) is 5.27. The van der Waals surface area contributed by atoms with Crippen LogP contribution in [0.3, 0.4) is 0 Å². The number of fused-ring (bicyclic) bond motifs is 1. The first kappa shape index (κ1) is 13.4. The van der Waals surface area contributed by atoms with Crippen molar-refractivity contribution in [1.82, 2.24) is 14.3 Å². The first-order chi connectivity index (χ1) is 9.88. The lowest BCUT2D eigenvalue weighted by Crippen LogP contribution is -2.33. The lowest BCUT2D eigenvalue weighted by molar-refractivity contribution is 0.184. The molecule has 3 rings (SSSR count). The molecule has 0 radical (unpaired) electrons. The number of ether oxygens (including phenoxy) is 1. The van der Waals surface area contributed by atoms with Gasteiger partial charge in [-0.15, -0.1) is 0 Å². The van der Waals surface area contributed by atoms with E-state index >= 15 is 0 Å². The summed E-state index contributed by atoms with van der Waals surface area (Å²) in [6, 6.07) is 3.95. The summed E-state index contributed by atoms with van der Waals surface area (Å²) in [5.74, 6) is 0.837. The Morgan fingerprint density at radius 3 is 2.90 bits per heavy atom. The number of piperidine rings is 1. The van der Waals surface area contributed by atoms with Crippen LogP contribution in [0.1, 0.15) is 25.0 Å². The van der Waals surface area contributed by atoms with Gasteiger partial charge >= 0.3 is 0 Å². The van der Waals surface area contributed by atoms with Gasteiger partial charge in [-0.05, 0) is 38.1 Å². The highest BCUT2D eigenvalue weighted by atomic mass is 16.5. The van der Waals surface area contributed by atoms with Crippen molar-refractivity contribution in [2.45, 2.75) is 25.8 Å². The van der Waals surface area contributed by atoms with Crippen LogP contribution in [0.2, 0.25) is 0 Å². The highest BCUT2D eigenvalue weighted by molar-refractivity contribution is 5.54. The van der Waals surface area contributed by atoms with Crippen molar-refractivity contribution in [3.8, 4) is 5.75 Å². The van der Waals surface area contributed by atoms with Crippen molar-refractivity contribution in [3.05, 3.63) is 30.2 Å². The Balaban J connectivity index is 1.63. The molecule has 0 saturated carbocycles. The van der Waals surface area contributed by atoms with E-state index in [0.717, 1.165) is 23.6 Å². The lowest BCUT2D eigenvalue weighted by atomic mass is 10.1. The van der Waals surface area contributed by atoms with Crippen LogP contribution < -0.4 is 10.5 Å². The van der Waals surface area contributed by atoms with Gasteiger partial charge < -0.3 is 10.5 Å². The van der Waals surface area contributed by atoms with E-state index in [1.165, 1.54) is 32.4 Å². The van der Waals surface area contributed by atoms with E-state index in [4.69, 9.17) is 10.5 Å². The average molecular weight is 274 g/mol. The molecule has 5 nitrogen and oxygen atoms in total. The smallest absolute Gasteiger partial charge is 0.179 e. The van der Waals surface area contributed by atoms with Crippen molar-refractivity contribution in [2.75, 3.05) is 26.2 Å². The average Bonchev–Trinajstić information content (AvgIpc) is 2.92. The van der Waals surface area contributed by atoms with Crippen LogP contribution in [0.4, 0.5) is 0 Å². The monoisotopic (exact) mass is 274 g/mol. The van der Waals surface area contributed by atoms with Crippen molar-refractivity contribution >= 4 is 5.65 Å². The second-order valence-corrected chi connectivity index (χ2v) is 5.27. The zero-order chi connectivity index (χ0) is 13.8. The molecule has 3 heterocycles. The van der Waals surface area contributed by atoms with Gasteiger partial charge in [-0.25, -0.2) is 4.98 Å². The molecule has 0 unspecified atom stereocenters. The molecule has 2 aromatic heterocycles. The van der Waals surface area contributed by atoms with Gasteiger partial charge in [-0.2, -0.15) is 0 Å². The third-order valence-corrected chi connectivity index (χ3v) is 3.90. The van der Waals surface area contributed by atoms with Gasteiger partial charge in [-0.1, -0.05) is 6.42 Å². The fourth-order valence-electron chi connectivity index (χ4n) is 2.77. The zero-order valence-corrected chi connectivity index (χ0v) is 11.8. The maximum absolute atomic E-state index is 5.91. The summed E-state index contributed by atoms with van der Waals surface area (Å²) in [5.41, 5.74) is 7.55. The molecule has 0 spiro atoms. The quantitative estimate of drug-likeness (QED) is 0.901. The Morgan fingerprint density at radius 2 is 2.10 bits per heavy atom. The van der Waals surface area contributed by atoms with E-state index in [0.29, 0.717) is 13.2 Å². The van der Waals surface area contributed by atoms with E-state index in [2.05, 4.69) is 9.88 Å². The number of rotatable bonds is 5. The number of hydrogen-bond donors (Lipinski definition) is 1. The first-order valence-electron chi connectivity index (χ1n) is 7.38. The molecule has 1 fully saturated rings. The normalized spacial score (nSPS) is 16.6. The van der Waals surface area contributed by atoms with Gasteiger partial charge in [0.25, 0.3) is 0 Å². The maximum Gasteiger partial charge on any atom is 0.179 e. The number of pyridine rings is 1. The maximum atomic E-state index is 5.91. The zero-order valence-electron chi connectivity index (χ0n) is 11.8. The van der Waals surface area contributed by atoms with Crippen LogP contribution >= 0.6 is 0 Å². The second kappa shape index (κ2) is 6.24. The summed E-state index contributed by atoms with van der Waals surface area (Å²) < 4.78 is 7.91. The van der Waals surface area contributed by atoms with E-state index in [1.54, 1.807) is 0 Å². The topological polar surface area (TPSA) is 55.8 Å².